The van der Waals surface area contributed by atoms with Crippen molar-refractivity contribution in [1.82, 2.24) is 14.2 Å². The maximum Gasteiger partial charge on any atom is 0.260 e. The van der Waals surface area contributed by atoms with Crippen molar-refractivity contribution in [2.24, 2.45) is 0 Å². The van der Waals surface area contributed by atoms with Gasteiger partial charge in [0, 0.05) is 32.7 Å². The highest BCUT2D eigenvalue weighted by Gasteiger charge is 2.23. The molecule has 0 unspecified atom stereocenters. The maximum absolute atomic E-state index is 13.6. The molecule has 0 aliphatic rings. The molecule has 0 saturated heterocycles. The zero-order valence-corrected chi connectivity index (χ0v) is 21.9. The van der Waals surface area contributed by atoms with E-state index < -0.39 is 10.0 Å². The van der Waals surface area contributed by atoms with E-state index in [1.165, 1.54) is 37.6 Å². The van der Waals surface area contributed by atoms with E-state index in [0.29, 0.717) is 30.4 Å². The lowest BCUT2D eigenvalue weighted by atomic mass is 10.2. The monoisotopic (exact) mass is 504 g/mol. The molecule has 0 aliphatic heterocycles. The number of aromatic nitrogens is 1. The minimum absolute atomic E-state index is 0.146. The number of ether oxygens (including phenoxy) is 1. The molecule has 3 aromatic rings. The predicted octanol–water partition coefficient (Wildman–Crippen LogP) is 3.93. The highest BCUT2D eigenvalue weighted by molar-refractivity contribution is 7.89. The molecule has 0 fully saturated rings. The van der Waals surface area contributed by atoms with Crippen molar-refractivity contribution in [2.45, 2.75) is 25.7 Å². The summed E-state index contributed by atoms with van der Waals surface area (Å²) in [4.78, 5) is 22.4. The second-order valence-electron chi connectivity index (χ2n) is 7.85. The number of hydrogen-bond donors (Lipinski definition) is 0. The summed E-state index contributed by atoms with van der Waals surface area (Å²) in [5.74, 6) is 0.550. The molecule has 2 aromatic carbocycles. The minimum Gasteiger partial charge on any atom is -0.494 e. The third-order valence-corrected chi connectivity index (χ3v) is 8.42. The smallest absolute Gasteiger partial charge is 0.260 e. The number of fused-ring (bicyclic) bond motifs is 1. The number of carbonyl (C=O) groups is 1. The number of amides is 1. The van der Waals surface area contributed by atoms with E-state index in [-0.39, 0.29) is 10.8 Å². The van der Waals surface area contributed by atoms with Gasteiger partial charge in [0.2, 0.25) is 10.0 Å². The van der Waals surface area contributed by atoms with E-state index >= 15 is 0 Å². The van der Waals surface area contributed by atoms with Gasteiger partial charge in [-0.05, 0) is 62.5 Å². The number of rotatable bonds is 11. The van der Waals surface area contributed by atoms with Gasteiger partial charge in [0.15, 0.2) is 5.13 Å². The SMILES string of the molecule is CCOc1ccc2nc(N(CCN(CC)CC)C(=O)c3ccc(S(=O)(=O)N(C)C)cc3)sc2c1. The first-order valence-electron chi connectivity index (χ1n) is 11.3. The molecule has 0 bridgehead atoms. The van der Waals surface area contributed by atoms with Crippen LogP contribution >= 0.6 is 11.3 Å². The van der Waals surface area contributed by atoms with E-state index in [1.807, 2.05) is 25.1 Å². The molecule has 0 spiro atoms. The first-order valence-corrected chi connectivity index (χ1v) is 13.6. The van der Waals surface area contributed by atoms with Gasteiger partial charge < -0.3 is 9.64 Å². The molecule has 0 N–H and O–H groups in total. The van der Waals surface area contributed by atoms with Crippen molar-refractivity contribution in [2.75, 3.05) is 51.8 Å². The highest BCUT2D eigenvalue weighted by atomic mass is 32.2. The van der Waals surface area contributed by atoms with Crippen molar-refractivity contribution in [3.63, 3.8) is 0 Å². The third-order valence-electron chi connectivity index (χ3n) is 5.55. The van der Waals surface area contributed by atoms with Gasteiger partial charge in [0.25, 0.3) is 5.91 Å². The standard InChI is InChI=1S/C24H32N4O4S2/c1-6-27(7-2)15-16-28(24-25-21-14-11-19(32-8-3)17-22(21)33-24)23(29)18-9-12-20(13-10-18)34(30,31)26(4)5/h9-14,17H,6-8,15-16H2,1-5H3. The summed E-state index contributed by atoms with van der Waals surface area (Å²) in [6, 6.07) is 11.8. The molecular formula is C24H32N4O4S2. The van der Waals surface area contributed by atoms with Gasteiger partial charge in [0.1, 0.15) is 5.75 Å². The molecule has 34 heavy (non-hydrogen) atoms. The molecular weight excluding hydrogens is 472 g/mol. The zero-order chi connectivity index (χ0) is 24.9. The van der Waals surface area contributed by atoms with E-state index in [0.717, 1.165) is 33.4 Å². The highest BCUT2D eigenvalue weighted by Crippen LogP contribution is 2.32. The fourth-order valence-electron chi connectivity index (χ4n) is 3.47. The Hall–Kier alpha value is -2.53. The van der Waals surface area contributed by atoms with Crippen LogP contribution in [0.2, 0.25) is 0 Å². The number of sulfonamides is 1. The van der Waals surface area contributed by atoms with Crippen molar-refractivity contribution in [3.05, 3.63) is 48.0 Å². The largest absolute Gasteiger partial charge is 0.494 e. The fourth-order valence-corrected chi connectivity index (χ4v) is 5.39. The predicted molar refractivity (Wildman–Crippen MR) is 138 cm³/mol. The quantitative estimate of drug-likeness (QED) is 0.393. The first-order chi connectivity index (χ1) is 16.2. The van der Waals surface area contributed by atoms with Crippen LogP contribution < -0.4 is 9.64 Å². The topological polar surface area (TPSA) is 83.0 Å². The fraction of sp³-hybridized carbons (Fsp3) is 0.417. The summed E-state index contributed by atoms with van der Waals surface area (Å²) in [6.45, 7) is 9.62. The van der Waals surface area contributed by atoms with Crippen LogP contribution in [0, 0.1) is 0 Å². The Morgan fingerprint density at radius 1 is 1.00 bits per heavy atom. The Morgan fingerprint density at radius 2 is 1.68 bits per heavy atom. The number of nitrogens with zero attached hydrogens (tertiary/aromatic N) is 4. The molecule has 0 aliphatic carbocycles. The number of hydrogen-bond acceptors (Lipinski definition) is 7. The maximum atomic E-state index is 13.6. The average Bonchev–Trinajstić information content (AvgIpc) is 3.24. The van der Waals surface area contributed by atoms with Crippen molar-refractivity contribution >= 4 is 42.6 Å². The van der Waals surface area contributed by atoms with Crippen LogP contribution in [0.4, 0.5) is 5.13 Å². The van der Waals surface area contributed by atoms with Gasteiger partial charge in [0.05, 0.1) is 21.7 Å². The zero-order valence-electron chi connectivity index (χ0n) is 20.3. The lowest BCUT2D eigenvalue weighted by Crippen LogP contribution is -2.38. The van der Waals surface area contributed by atoms with Crippen LogP contribution in [0.5, 0.6) is 5.75 Å². The summed E-state index contributed by atoms with van der Waals surface area (Å²) in [5, 5.41) is 0.603. The van der Waals surface area contributed by atoms with E-state index in [1.54, 1.807) is 17.0 Å². The molecule has 0 radical (unpaired) electrons. The molecule has 8 nitrogen and oxygen atoms in total. The van der Waals surface area contributed by atoms with Crippen molar-refractivity contribution in [1.29, 1.82) is 0 Å². The normalized spacial score (nSPS) is 12.0. The van der Waals surface area contributed by atoms with E-state index in [9.17, 15) is 13.2 Å². The van der Waals surface area contributed by atoms with Gasteiger partial charge in [-0.15, -0.1) is 0 Å². The Labute approximate surface area is 205 Å². The lowest BCUT2D eigenvalue weighted by Gasteiger charge is -2.24. The van der Waals surface area contributed by atoms with Crippen LogP contribution in [0.25, 0.3) is 10.2 Å². The van der Waals surface area contributed by atoms with Gasteiger partial charge in [-0.1, -0.05) is 25.2 Å². The molecule has 0 saturated carbocycles. The van der Waals surface area contributed by atoms with Gasteiger partial charge >= 0.3 is 0 Å². The molecule has 1 amide bonds. The summed E-state index contributed by atoms with van der Waals surface area (Å²) in [7, 11) is -0.607. The molecule has 0 atom stereocenters. The summed E-state index contributed by atoms with van der Waals surface area (Å²) in [5.41, 5.74) is 1.21. The number of likely N-dealkylation sites (N-methyl/N-ethyl adjacent to an activating group) is 1. The second-order valence-corrected chi connectivity index (χ2v) is 11.0. The Balaban J connectivity index is 1.95. The van der Waals surface area contributed by atoms with E-state index in [2.05, 4.69) is 18.7 Å². The van der Waals surface area contributed by atoms with Gasteiger partial charge in [-0.3, -0.25) is 9.69 Å². The molecule has 10 heteroatoms. The first kappa shape index (κ1) is 26.1. The van der Waals surface area contributed by atoms with Gasteiger partial charge in [-0.2, -0.15) is 0 Å². The Kier molecular flexibility index (Phi) is 8.64. The van der Waals surface area contributed by atoms with Crippen LogP contribution in [0.1, 0.15) is 31.1 Å². The lowest BCUT2D eigenvalue weighted by molar-refractivity contribution is 0.0983. The van der Waals surface area contributed by atoms with Crippen molar-refractivity contribution in [3.8, 4) is 5.75 Å². The van der Waals surface area contributed by atoms with Crippen LogP contribution in [-0.4, -0.2) is 75.4 Å². The van der Waals surface area contributed by atoms with Crippen LogP contribution in [0.15, 0.2) is 47.4 Å². The molecule has 1 heterocycles. The summed E-state index contributed by atoms with van der Waals surface area (Å²) in [6.07, 6.45) is 0. The summed E-state index contributed by atoms with van der Waals surface area (Å²) >= 11 is 1.44. The number of carbonyl (C=O) groups excluding carboxylic acids is 1. The Morgan fingerprint density at radius 3 is 2.26 bits per heavy atom. The van der Waals surface area contributed by atoms with Gasteiger partial charge in [-0.25, -0.2) is 17.7 Å². The number of benzene rings is 2. The van der Waals surface area contributed by atoms with Crippen molar-refractivity contribution < 1.29 is 17.9 Å². The third kappa shape index (κ3) is 5.75. The summed E-state index contributed by atoms with van der Waals surface area (Å²) < 4.78 is 32.5. The minimum atomic E-state index is -3.57. The number of thiazole rings is 1. The van der Waals surface area contributed by atoms with Crippen LogP contribution in [-0.2, 0) is 10.0 Å². The average molecular weight is 505 g/mol. The van der Waals surface area contributed by atoms with E-state index in [4.69, 9.17) is 9.72 Å². The molecule has 1 aromatic heterocycles. The molecule has 184 valence electrons. The Bertz CT molecular complexity index is 1220. The number of anilines is 1. The van der Waals surface area contributed by atoms with Crippen LogP contribution in [0.3, 0.4) is 0 Å². The molecule has 3 rings (SSSR count). The second kappa shape index (κ2) is 11.3.